The lowest BCUT2D eigenvalue weighted by molar-refractivity contribution is 0.0953. The molecule has 2 aromatic heterocycles. The van der Waals surface area contributed by atoms with Gasteiger partial charge in [-0.25, -0.2) is 4.39 Å². The molecular weight excluding hydrogens is 279 g/mol. The van der Waals surface area contributed by atoms with Crippen molar-refractivity contribution in [1.82, 2.24) is 5.32 Å². The van der Waals surface area contributed by atoms with Crippen LogP contribution in [0.1, 0.15) is 15.4 Å². The van der Waals surface area contributed by atoms with Gasteiger partial charge < -0.3 is 15.5 Å². The SMILES string of the molecule is Nc1c(C(=O)NCc2ccco2)sc2cccc(F)c12. The van der Waals surface area contributed by atoms with Crippen molar-refractivity contribution in [2.45, 2.75) is 6.54 Å². The molecule has 20 heavy (non-hydrogen) atoms. The second kappa shape index (κ2) is 4.97. The molecule has 0 fully saturated rings. The lowest BCUT2D eigenvalue weighted by atomic mass is 10.2. The van der Waals surface area contributed by atoms with Crippen molar-refractivity contribution in [2.24, 2.45) is 0 Å². The van der Waals surface area contributed by atoms with E-state index in [0.29, 0.717) is 20.7 Å². The summed E-state index contributed by atoms with van der Waals surface area (Å²) in [6, 6.07) is 8.16. The summed E-state index contributed by atoms with van der Waals surface area (Å²) in [5.74, 6) is -0.106. The van der Waals surface area contributed by atoms with Crippen molar-refractivity contribution < 1.29 is 13.6 Å². The third-order valence-electron chi connectivity index (χ3n) is 2.91. The van der Waals surface area contributed by atoms with Crippen LogP contribution in [0.15, 0.2) is 41.0 Å². The van der Waals surface area contributed by atoms with Gasteiger partial charge in [-0.15, -0.1) is 11.3 Å². The zero-order valence-electron chi connectivity index (χ0n) is 10.4. The number of hydrogen-bond acceptors (Lipinski definition) is 4. The highest BCUT2D eigenvalue weighted by Gasteiger charge is 2.18. The molecule has 0 aliphatic rings. The third-order valence-corrected chi connectivity index (χ3v) is 4.08. The summed E-state index contributed by atoms with van der Waals surface area (Å²) in [6.07, 6.45) is 1.53. The molecule has 0 atom stereocenters. The number of fused-ring (bicyclic) bond motifs is 1. The first-order chi connectivity index (χ1) is 9.66. The number of amides is 1. The summed E-state index contributed by atoms with van der Waals surface area (Å²) < 4.78 is 19.5. The number of nitrogen functional groups attached to an aromatic ring is 1. The average molecular weight is 290 g/mol. The molecule has 0 saturated heterocycles. The molecule has 0 aliphatic heterocycles. The number of halogens is 1. The fraction of sp³-hybridized carbons (Fsp3) is 0.0714. The normalized spacial score (nSPS) is 10.8. The van der Waals surface area contributed by atoms with Gasteiger partial charge in [0.1, 0.15) is 16.5 Å². The van der Waals surface area contributed by atoms with E-state index in [1.165, 1.54) is 23.7 Å². The van der Waals surface area contributed by atoms with Crippen molar-refractivity contribution >= 4 is 33.0 Å². The van der Waals surface area contributed by atoms with Crippen LogP contribution in [-0.2, 0) is 6.54 Å². The summed E-state index contributed by atoms with van der Waals surface area (Å²) in [4.78, 5) is 12.4. The number of nitrogens with one attached hydrogen (secondary N) is 1. The van der Waals surface area contributed by atoms with E-state index in [1.807, 2.05) is 0 Å². The highest BCUT2D eigenvalue weighted by atomic mass is 32.1. The number of anilines is 1. The Balaban J connectivity index is 1.88. The second-order valence-electron chi connectivity index (χ2n) is 4.22. The molecule has 0 aliphatic carbocycles. The number of carbonyl (C=O) groups excluding carboxylic acids is 1. The topological polar surface area (TPSA) is 68.3 Å². The van der Waals surface area contributed by atoms with Gasteiger partial charge in [-0.1, -0.05) is 6.07 Å². The zero-order chi connectivity index (χ0) is 14.1. The Hall–Kier alpha value is -2.34. The van der Waals surface area contributed by atoms with E-state index >= 15 is 0 Å². The number of rotatable bonds is 3. The van der Waals surface area contributed by atoms with E-state index in [0.717, 1.165) is 0 Å². The maximum absolute atomic E-state index is 13.7. The first kappa shape index (κ1) is 12.7. The zero-order valence-corrected chi connectivity index (χ0v) is 11.2. The number of thiophene rings is 1. The van der Waals surface area contributed by atoms with Gasteiger partial charge in [0.15, 0.2) is 0 Å². The highest BCUT2D eigenvalue weighted by molar-refractivity contribution is 7.21. The fourth-order valence-corrected chi connectivity index (χ4v) is 3.01. The predicted octanol–water partition coefficient (Wildman–Crippen LogP) is 3.15. The smallest absolute Gasteiger partial charge is 0.263 e. The minimum atomic E-state index is -0.415. The van der Waals surface area contributed by atoms with Crippen molar-refractivity contribution in [1.29, 1.82) is 0 Å². The van der Waals surface area contributed by atoms with Crippen LogP contribution in [0.5, 0.6) is 0 Å². The molecule has 1 aromatic carbocycles. The summed E-state index contributed by atoms with van der Waals surface area (Å²) in [6.45, 7) is 0.266. The van der Waals surface area contributed by atoms with Crippen LogP contribution in [-0.4, -0.2) is 5.91 Å². The van der Waals surface area contributed by atoms with Crippen LogP contribution < -0.4 is 11.1 Å². The molecule has 2 heterocycles. The number of benzene rings is 1. The lowest BCUT2D eigenvalue weighted by Crippen LogP contribution is -2.22. The molecule has 0 saturated carbocycles. The number of furan rings is 1. The molecule has 3 rings (SSSR count). The number of nitrogens with two attached hydrogens (primary N) is 1. The number of carbonyl (C=O) groups is 1. The van der Waals surface area contributed by atoms with Crippen LogP contribution >= 0.6 is 11.3 Å². The molecule has 102 valence electrons. The Morgan fingerprint density at radius 3 is 2.90 bits per heavy atom. The van der Waals surface area contributed by atoms with Gasteiger partial charge in [0, 0.05) is 4.70 Å². The minimum absolute atomic E-state index is 0.181. The molecule has 3 aromatic rings. The molecule has 0 spiro atoms. The Morgan fingerprint density at radius 1 is 1.35 bits per heavy atom. The van der Waals surface area contributed by atoms with Gasteiger partial charge in [-0.3, -0.25) is 4.79 Å². The maximum Gasteiger partial charge on any atom is 0.263 e. The summed E-state index contributed by atoms with van der Waals surface area (Å²) in [7, 11) is 0. The molecule has 0 bridgehead atoms. The van der Waals surface area contributed by atoms with Gasteiger partial charge in [-0.05, 0) is 24.3 Å². The van der Waals surface area contributed by atoms with Gasteiger partial charge in [0.05, 0.1) is 23.9 Å². The Kier molecular flexibility index (Phi) is 3.15. The predicted molar refractivity (Wildman–Crippen MR) is 76.1 cm³/mol. The average Bonchev–Trinajstić information content (AvgIpc) is 3.05. The Bertz CT molecular complexity index is 765. The Morgan fingerprint density at radius 2 is 2.20 bits per heavy atom. The van der Waals surface area contributed by atoms with Gasteiger partial charge in [0.25, 0.3) is 5.91 Å². The van der Waals surface area contributed by atoms with Crippen molar-refractivity contribution in [3.8, 4) is 0 Å². The molecule has 1 amide bonds. The minimum Gasteiger partial charge on any atom is -0.467 e. The van der Waals surface area contributed by atoms with Gasteiger partial charge >= 0.3 is 0 Å². The second-order valence-corrected chi connectivity index (χ2v) is 5.27. The van der Waals surface area contributed by atoms with Crippen LogP contribution in [0.2, 0.25) is 0 Å². The van der Waals surface area contributed by atoms with Crippen molar-refractivity contribution in [3.05, 3.63) is 53.0 Å². The molecule has 3 N–H and O–H groups in total. The molecule has 0 unspecified atom stereocenters. The molecule has 6 heteroatoms. The highest BCUT2D eigenvalue weighted by Crippen LogP contribution is 2.35. The summed E-state index contributed by atoms with van der Waals surface area (Å²) >= 11 is 1.18. The van der Waals surface area contributed by atoms with Gasteiger partial charge in [-0.2, -0.15) is 0 Å². The van der Waals surface area contributed by atoms with Crippen LogP contribution in [0, 0.1) is 5.82 Å². The number of hydrogen-bond donors (Lipinski definition) is 2. The van der Waals surface area contributed by atoms with Crippen molar-refractivity contribution in [2.75, 3.05) is 5.73 Å². The van der Waals surface area contributed by atoms with Crippen LogP contribution in [0.25, 0.3) is 10.1 Å². The van der Waals surface area contributed by atoms with Crippen molar-refractivity contribution in [3.63, 3.8) is 0 Å². The first-order valence-corrected chi connectivity index (χ1v) is 6.75. The molecule has 4 nitrogen and oxygen atoms in total. The van der Waals surface area contributed by atoms with E-state index in [4.69, 9.17) is 10.2 Å². The standard InChI is InChI=1S/C14H11FN2O2S/c15-9-4-1-5-10-11(9)12(16)13(20-10)14(18)17-7-8-3-2-6-19-8/h1-6H,7,16H2,(H,17,18). The quantitative estimate of drug-likeness (QED) is 0.778. The van der Waals surface area contributed by atoms with E-state index < -0.39 is 5.82 Å². The van der Waals surface area contributed by atoms with E-state index in [9.17, 15) is 9.18 Å². The van der Waals surface area contributed by atoms with Gasteiger partial charge in [0.2, 0.25) is 0 Å². The molecular formula is C14H11FN2O2S. The maximum atomic E-state index is 13.7. The lowest BCUT2D eigenvalue weighted by Gasteiger charge is -2.02. The fourth-order valence-electron chi connectivity index (χ4n) is 1.96. The van der Waals surface area contributed by atoms with Crippen LogP contribution in [0.3, 0.4) is 0 Å². The first-order valence-electron chi connectivity index (χ1n) is 5.94. The Labute approximate surface area is 118 Å². The monoisotopic (exact) mass is 290 g/mol. The molecule has 0 radical (unpaired) electrons. The largest absolute Gasteiger partial charge is 0.467 e. The van der Waals surface area contributed by atoms with Crippen LogP contribution in [0.4, 0.5) is 10.1 Å². The van der Waals surface area contributed by atoms with E-state index in [1.54, 1.807) is 24.3 Å². The van der Waals surface area contributed by atoms with E-state index in [-0.39, 0.29) is 18.1 Å². The van der Waals surface area contributed by atoms with E-state index in [2.05, 4.69) is 5.32 Å². The third kappa shape index (κ3) is 2.14. The summed E-state index contributed by atoms with van der Waals surface area (Å²) in [5, 5.41) is 3.00. The summed E-state index contributed by atoms with van der Waals surface area (Å²) in [5.41, 5.74) is 6.06.